The third kappa shape index (κ3) is 5.56. The molecule has 2 nitrogen and oxygen atoms in total. The molecule has 1 amide bonds. The highest BCUT2D eigenvalue weighted by atomic mass is 28.2. The molecule has 0 aliphatic rings. The molecule has 1 N–H and O–H groups in total. The standard InChI is InChI=1S/C7H15NOSi/c1-4-7(9)8-10-5-6(2)3/h5H,4,10H2,1-3H3,(H,8,9). The Morgan fingerprint density at radius 3 is 2.60 bits per heavy atom. The van der Waals surface area contributed by atoms with Gasteiger partial charge in [0.1, 0.15) is 9.68 Å². The van der Waals surface area contributed by atoms with Crippen LogP contribution in [0.15, 0.2) is 11.3 Å². The molecule has 0 spiro atoms. The molecule has 0 unspecified atom stereocenters. The summed E-state index contributed by atoms with van der Waals surface area (Å²) < 4.78 is 0. The molecular weight excluding hydrogens is 142 g/mol. The summed E-state index contributed by atoms with van der Waals surface area (Å²) in [6.07, 6.45) is 0.601. The van der Waals surface area contributed by atoms with E-state index in [1.165, 1.54) is 5.57 Å². The van der Waals surface area contributed by atoms with E-state index < -0.39 is 9.68 Å². The van der Waals surface area contributed by atoms with Crippen molar-refractivity contribution in [2.75, 3.05) is 0 Å². The minimum atomic E-state index is -0.456. The van der Waals surface area contributed by atoms with Crippen LogP contribution >= 0.6 is 0 Å². The zero-order valence-electron chi connectivity index (χ0n) is 6.90. The van der Waals surface area contributed by atoms with Crippen molar-refractivity contribution in [2.45, 2.75) is 27.2 Å². The molecular formula is C7H15NOSi. The molecule has 0 aromatic rings. The lowest BCUT2D eigenvalue weighted by atomic mass is 10.4. The molecule has 10 heavy (non-hydrogen) atoms. The normalized spacial score (nSPS) is 9.90. The minimum Gasteiger partial charge on any atom is -0.384 e. The topological polar surface area (TPSA) is 29.1 Å². The Hall–Kier alpha value is -0.573. The summed E-state index contributed by atoms with van der Waals surface area (Å²) in [5.74, 6) is 0.171. The lowest BCUT2D eigenvalue weighted by molar-refractivity contribution is -0.119. The third-order valence-electron chi connectivity index (χ3n) is 1.13. The maximum absolute atomic E-state index is 10.7. The van der Waals surface area contributed by atoms with Crippen molar-refractivity contribution < 1.29 is 4.79 Å². The van der Waals surface area contributed by atoms with Crippen LogP contribution in [0.1, 0.15) is 27.2 Å². The highest BCUT2D eigenvalue weighted by Crippen LogP contribution is 1.83. The molecule has 0 fully saturated rings. The van der Waals surface area contributed by atoms with Crippen LogP contribution in [-0.2, 0) is 4.79 Å². The second-order valence-corrected chi connectivity index (χ2v) is 3.61. The Kier molecular flexibility index (Phi) is 4.93. The number of amides is 1. The maximum Gasteiger partial charge on any atom is 0.211 e. The van der Waals surface area contributed by atoms with Crippen molar-refractivity contribution in [3.63, 3.8) is 0 Å². The molecule has 0 radical (unpaired) electrons. The predicted molar refractivity (Wildman–Crippen MR) is 46.4 cm³/mol. The Morgan fingerprint density at radius 1 is 1.60 bits per heavy atom. The molecule has 0 rings (SSSR count). The van der Waals surface area contributed by atoms with Gasteiger partial charge in [-0.15, -0.1) is 0 Å². The summed E-state index contributed by atoms with van der Waals surface area (Å²) in [6, 6.07) is 0. The Labute approximate surface area is 64.6 Å². The molecule has 0 aromatic carbocycles. The Bertz CT molecular complexity index is 139. The van der Waals surface area contributed by atoms with Crippen LogP contribution in [0.2, 0.25) is 0 Å². The number of allylic oxidation sites excluding steroid dienone is 1. The first-order valence-electron chi connectivity index (χ1n) is 3.57. The van der Waals surface area contributed by atoms with Crippen LogP contribution < -0.4 is 4.98 Å². The first kappa shape index (κ1) is 9.43. The SMILES string of the molecule is CCC(=O)N[SiH2]C=C(C)C. The van der Waals surface area contributed by atoms with Gasteiger partial charge in [0, 0.05) is 6.42 Å². The quantitative estimate of drug-likeness (QED) is 0.595. The molecule has 0 saturated carbocycles. The van der Waals surface area contributed by atoms with Gasteiger partial charge in [-0.3, -0.25) is 4.79 Å². The van der Waals surface area contributed by atoms with E-state index in [9.17, 15) is 4.79 Å². The molecule has 0 aliphatic carbocycles. The Morgan fingerprint density at radius 2 is 2.20 bits per heavy atom. The fraction of sp³-hybridized carbons (Fsp3) is 0.571. The van der Waals surface area contributed by atoms with Crippen molar-refractivity contribution in [3.8, 4) is 0 Å². The van der Waals surface area contributed by atoms with Gasteiger partial charge >= 0.3 is 0 Å². The molecule has 0 saturated heterocycles. The van der Waals surface area contributed by atoms with Gasteiger partial charge in [0.05, 0.1) is 0 Å². The third-order valence-corrected chi connectivity index (χ3v) is 2.75. The van der Waals surface area contributed by atoms with E-state index in [2.05, 4.69) is 10.7 Å². The number of carbonyl (C=O) groups is 1. The first-order valence-corrected chi connectivity index (χ1v) is 5.09. The fourth-order valence-electron chi connectivity index (χ4n) is 0.494. The van der Waals surface area contributed by atoms with Gasteiger partial charge in [0.2, 0.25) is 5.91 Å². The Balaban J connectivity index is 3.37. The second-order valence-electron chi connectivity index (χ2n) is 2.44. The summed E-state index contributed by atoms with van der Waals surface area (Å²) >= 11 is 0. The largest absolute Gasteiger partial charge is 0.384 e. The average molecular weight is 157 g/mol. The van der Waals surface area contributed by atoms with Gasteiger partial charge < -0.3 is 4.98 Å². The van der Waals surface area contributed by atoms with E-state index in [4.69, 9.17) is 0 Å². The van der Waals surface area contributed by atoms with Crippen molar-refractivity contribution >= 4 is 15.6 Å². The van der Waals surface area contributed by atoms with E-state index in [0.29, 0.717) is 6.42 Å². The number of nitrogens with one attached hydrogen (secondary N) is 1. The summed E-state index contributed by atoms with van der Waals surface area (Å²) in [5.41, 5.74) is 3.43. The van der Waals surface area contributed by atoms with Gasteiger partial charge in [0.15, 0.2) is 0 Å². The number of carbonyl (C=O) groups excluding carboxylic acids is 1. The van der Waals surface area contributed by atoms with E-state index in [0.717, 1.165) is 0 Å². The molecule has 3 heteroatoms. The number of hydrogen-bond donors (Lipinski definition) is 1. The molecule has 0 bridgehead atoms. The maximum atomic E-state index is 10.7. The zero-order valence-corrected chi connectivity index (χ0v) is 8.31. The van der Waals surface area contributed by atoms with Gasteiger partial charge in [0.25, 0.3) is 0 Å². The van der Waals surface area contributed by atoms with Gasteiger partial charge in [-0.05, 0) is 13.8 Å². The van der Waals surface area contributed by atoms with Crippen molar-refractivity contribution in [1.82, 2.24) is 4.98 Å². The number of rotatable bonds is 3. The minimum absolute atomic E-state index is 0.171. The van der Waals surface area contributed by atoms with Gasteiger partial charge in [-0.2, -0.15) is 0 Å². The molecule has 0 atom stereocenters. The van der Waals surface area contributed by atoms with Gasteiger partial charge in [-0.1, -0.05) is 18.2 Å². The first-order chi connectivity index (χ1) is 4.66. The number of hydrogen-bond acceptors (Lipinski definition) is 1. The summed E-state index contributed by atoms with van der Waals surface area (Å²) in [7, 11) is -0.456. The molecule has 58 valence electrons. The summed E-state index contributed by atoms with van der Waals surface area (Å²) in [5, 5.41) is 0. The van der Waals surface area contributed by atoms with Crippen LogP contribution in [0, 0.1) is 0 Å². The summed E-state index contributed by atoms with van der Waals surface area (Å²) in [4.78, 5) is 13.6. The molecule has 0 aliphatic heterocycles. The van der Waals surface area contributed by atoms with Crippen LogP contribution in [-0.4, -0.2) is 15.6 Å². The fourth-order valence-corrected chi connectivity index (χ4v) is 1.48. The molecule has 0 aromatic heterocycles. The van der Waals surface area contributed by atoms with E-state index in [-0.39, 0.29) is 5.91 Å². The monoisotopic (exact) mass is 157 g/mol. The molecule has 0 heterocycles. The second kappa shape index (κ2) is 5.23. The highest BCUT2D eigenvalue weighted by Gasteiger charge is 1.91. The van der Waals surface area contributed by atoms with E-state index in [1.54, 1.807) is 0 Å². The summed E-state index contributed by atoms with van der Waals surface area (Å²) in [6.45, 7) is 5.96. The average Bonchev–Trinajstić information content (AvgIpc) is 1.87. The van der Waals surface area contributed by atoms with Crippen LogP contribution in [0.5, 0.6) is 0 Å². The van der Waals surface area contributed by atoms with Crippen molar-refractivity contribution in [1.29, 1.82) is 0 Å². The zero-order chi connectivity index (χ0) is 7.98. The smallest absolute Gasteiger partial charge is 0.211 e. The van der Waals surface area contributed by atoms with Crippen LogP contribution in [0.25, 0.3) is 0 Å². The van der Waals surface area contributed by atoms with Gasteiger partial charge in [-0.25, -0.2) is 0 Å². The highest BCUT2D eigenvalue weighted by molar-refractivity contribution is 6.43. The van der Waals surface area contributed by atoms with Crippen molar-refractivity contribution in [3.05, 3.63) is 11.3 Å². The van der Waals surface area contributed by atoms with Crippen LogP contribution in [0.4, 0.5) is 0 Å². The lowest BCUT2D eigenvalue weighted by Crippen LogP contribution is -2.25. The van der Waals surface area contributed by atoms with E-state index >= 15 is 0 Å². The lowest BCUT2D eigenvalue weighted by Gasteiger charge is -1.96. The van der Waals surface area contributed by atoms with Crippen molar-refractivity contribution in [2.24, 2.45) is 0 Å². The predicted octanol–water partition coefficient (Wildman–Crippen LogP) is 0.520. The van der Waals surface area contributed by atoms with E-state index in [1.807, 2.05) is 20.8 Å². The van der Waals surface area contributed by atoms with Crippen LogP contribution in [0.3, 0.4) is 0 Å².